The van der Waals surface area contributed by atoms with E-state index in [2.05, 4.69) is 21.9 Å². The molecule has 1 aliphatic carbocycles. The summed E-state index contributed by atoms with van der Waals surface area (Å²) < 4.78 is 17.6. The summed E-state index contributed by atoms with van der Waals surface area (Å²) in [5.41, 5.74) is 3.85. The number of carbonyl (C=O) groups is 1. The van der Waals surface area contributed by atoms with Gasteiger partial charge in [0.1, 0.15) is 0 Å². The average Bonchev–Trinajstić information content (AvgIpc) is 3.20. The molecule has 1 saturated carbocycles. The van der Waals surface area contributed by atoms with Gasteiger partial charge in [0.2, 0.25) is 5.91 Å². The molecule has 0 N–H and O–H groups in total. The molecular formula is C23H26N2O4. The molecule has 6 aliphatic rings. The molecule has 0 aromatic heterocycles. The third kappa shape index (κ3) is 1.76. The molecule has 29 heavy (non-hydrogen) atoms. The Labute approximate surface area is 170 Å². The number of piperidine rings is 2. The Hall–Kier alpha value is -2.05. The molecule has 3 saturated heterocycles. The quantitative estimate of drug-likeness (QED) is 0.719. The third-order valence-electron chi connectivity index (χ3n) is 8.81. The Kier molecular flexibility index (Phi) is 3.08. The van der Waals surface area contributed by atoms with Crippen LogP contribution in [0.2, 0.25) is 0 Å². The maximum Gasteiger partial charge on any atom is 0.229 e. The molecule has 4 fully saturated rings. The van der Waals surface area contributed by atoms with E-state index < -0.39 is 0 Å². The second kappa shape index (κ2) is 5.35. The van der Waals surface area contributed by atoms with Gasteiger partial charge < -0.3 is 19.1 Å². The molecule has 5 aliphatic heterocycles. The molecule has 1 spiro atoms. The Morgan fingerprint density at radius 2 is 2.03 bits per heavy atom. The van der Waals surface area contributed by atoms with Crippen LogP contribution in [0.25, 0.3) is 0 Å². The molecule has 6 nitrogen and oxygen atoms in total. The van der Waals surface area contributed by atoms with Crippen LogP contribution in [0.4, 0.5) is 5.69 Å². The van der Waals surface area contributed by atoms with Crippen LogP contribution in [0.5, 0.6) is 11.5 Å². The average molecular weight is 394 g/mol. The first-order chi connectivity index (χ1) is 14.2. The van der Waals surface area contributed by atoms with Crippen LogP contribution in [0, 0.1) is 11.8 Å². The summed E-state index contributed by atoms with van der Waals surface area (Å²) in [6.07, 6.45) is 5.11. The van der Waals surface area contributed by atoms with Crippen LogP contribution in [-0.2, 0) is 14.9 Å². The molecule has 6 atom stereocenters. The number of methoxy groups -OCH3 is 2. The summed E-state index contributed by atoms with van der Waals surface area (Å²) in [4.78, 5) is 18.3. The third-order valence-corrected chi connectivity index (χ3v) is 8.81. The Balaban J connectivity index is 1.52. The Bertz CT molecular complexity index is 974. The van der Waals surface area contributed by atoms with Crippen molar-refractivity contribution in [1.82, 2.24) is 4.90 Å². The molecule has 1 amide bonds. The lowest BCUT2D eigenvalue weighted by atomic mass is 9.53. The van der Waals surface area contributed by atoms with E-state index in [1.165, 1.54) is 12.0 Å². The molecule has 6 heteroatoms. The van der Waals surface area contributed by atoms with Gasteiger partial charge in [-0.2, -0.15) is 0 Å². The smallest absolute Gasteiger partial charge is 0.229 e. The minimum Gasteiger partial charge on any atom is -0.493 e. The van der Waals surface area contributed by atoms with E-state index in [1.807, 2.05) is 6.07 Å². The number of fused-ring (bicyclic) bond motifs is 2. The molecule has 5 heterocycles. The SMILES string of the molecule is COc1cc2c(cc1OC)C13CCN4CC5=CCOC6CC(=O)N2C1C6C5C[C@H]43. The van der Waals surface area contributed by atoms with Crippen molar-refractivity contribution in [3.05, 3.63) is 29.3 Å². The maximum atomic E-state index is 13.5. The van der Waals surface area contributed by atoms with Crippen LogP contribution in [0.3, 0.4) is 0 Å². The lowest BCUT2D eigenvalue weighted by Crippen LogP contribution is -2.69. The van der Waals surface area contributed by atoms with E-state index in [9.17, 15) is 4.79 Å². The number of amides is 1. The number of ether oxygens (including phenoxy) is 3. The second-order valence-corrected chi connectivity index (χ2v) is 9.48. The highest BCUT2D eigenvalue weighted by Gasteiger charge is 2.71. The number of rotatable bonds is 2. The van der Waals surface area contributed by atoms with Crippen molar-refractivity contribution in [3.8, 4) is 11.5 Å². The van der Waals surface area contributed by atoms with Crippen LogP contribution < -0.4 is 14.4 Å². The van der Waals surface area contributed by atoms with Crippen molar-refractivity contribution >= 4 is 11.6 Å². The zero-order valence-corrected chi connectivity index (χ0v) is 16.9. The van der Waals surface area contributed by atoms with E-state index in [0.29, 0.717) is 36.7 Å². The van der Waals surface area contributed by atoms with Gasteiger partial charge >= 0.3 is 0 Å². The molecule has 1 aromatic carbocycles. The standard InChI is InChI=1S/C23H26N2O4/c1-27-16-8-14-15(9-17(16)28-2)25-20(26)10-18-21-13-7-19-23(14,22(21)25)4-5-24(19)11-12(13)3-6-29-18/h3,8-9,13,18-19,21-22H,4-7,10-11H2,1-2H3/t13?,18?,19-,21?,22?,23?/m0/s1. The highest BCUT2D eigenvalue weighted by molar-refractivity contribution is 5.99. The Morgan fingerprint density at radius 3 is 2.86 bits per heavy atom. The van der Waals surface area contributed by atoms with Crippen molar-refractivity contribution in [3.63, 3.8) is 0 Å². The predicted molar refractivity (Wildman–Crippen MR) is 107 cm³/mol. The lowest BCUT2D eigenvalue weighted by Gasteiger charge is -2.58. The van der Waals surface area contributed by atoms with Crippen molar-refractivity contribution < 1.29 is 19.0 Å². The van der Waals surface area contributed by atoms with Gasteiger partial charge in [0.15, 0.2) is 11.5 Å². The van der Waals surface area contributed by atoms with E-state index in [1.54, 1.807) is 19.8 Å². The fraction of sp³-hybridized carbons (Fsp3) is 0.609. The van der Waals surface area contributed by atoms with Gasteiger partial charge in [-0.05, 0) is 36.9 Å². The lowest BCUT2D eigenvalue weighted by molar-refractivity contribution is -0.132. The zero-order chi connectivity index (χ0) is 19.5. The summed E-state index contributed by atoms with van der Waals surface area (Å²) in [6, 6.07) is 4.87. The van der Waals surface area contributed by atoms with Gasteiger partial charge in [-0.1, -0.05) is 11.6 Å². The number of benzene rings is 1. The largest absolute Gasteiger partial charge is 0.493 e. The molecule has 5 unspecified atom stereocenters. The molecule has 152 valence electrons. The number of carbonyl (C=O) groups excluding carboxylic acids is 1. The first-order valence-corrected chi connectivity index (χ1v) is 10.8. The minimum atomic E-state index is -0.0242. The number of anilines is 1. The first kappa shape index (κ1) is 16.7. The van der Waals surface area contributed by atoms with E-state index in [0.717, 1.165) is 30.9 Å². The maximum absolute atomic E-state index is 13.5. The minimum absolute atomic E-state index is 0.0242. The summed E-state index contributed by atoms with van der Waals surface area (Å²) >= 11 is 0. The van der Waals surface area contributed by atoms with Gasteiger partial charge in [-0.3, -0.25) is 9.69 Å². The normalized spacial score (nSPS) is 41.0. The van der Waals surface area contributed by atoms with Crippen molar-refractivity contribution in [2.24, 2.45) is 11.8 Å². The molecule has 7 rings (SSSR count). The van der Waals surface area contributed by atoms with Crippen LogP contribution >= 0.6 is 0 Å². The zero-order valence-electron chi connectivity index (χ0n) is 16.9. The summed E-state index contributed by atoms with van der Waals surface area (Å²) in [5.74, 6) is 2.57. The monoisotopic (exact) mass is 394 g/mol. The van der Waals surface area contributed by atoms with E-state index in [-0.39, 0.29) is 23.5 Å². The van der Waals surface area contributed by atoms with Gasteiger partial charge in [0, 0.05) is 30.0 Å². The number of hydrogen-bond donors (Lipinski definition) is 0. The van der Waals surface area contributed by atoms with E-state index >= 15 is 0 Å². The number of nitrogens with zero attached hydrogens (tertiary/aromatic N) is 2. The highest BCUT2D eigenvalue weighted by Crippen LogP contribution is 2.66. The fourth-order valence-electron chi connectivity index (χ4n) is 7.87. The van der Waals surface area contributed by atoms with Crippen LogP contribution in [-0.4, -0.2) is 62.9 Å². The van der Waals surface area contributed by atoms with Gasteiger partial charge in [-0.15, -0.1) is 0 Å². The molecule has 0 radical (unpaired) electrons. The van der Waals surface area contributed by atoms with Crippen molar-refractivity contribution in [1.29, 1.82) is 0 Å². The number of hydrogen-bond acceptors (Lipinski definition) is 5. The van der Waals surface area contributed by atoms with Crippen LogP contribution in [0.1, 0.15) is 24.8 Å². The predicted octanol–water partition coefficient (Wildman–Crippen LogP) is 2.11. The van der Waals surface area contributed by atoms with Crippen LogP contribution in [0.15, 0.2) is 23.8 Å². The highest BCUT2D eigenvalue weighted by atomic mass is 16.5. The second-order valence-electron chi connectivity index (χ2n) is 9.48. The van der Waals surface area contributed by atoms with Gasteiger partial charge in [0.25, 0.3) is 0 Å². The molecule has 2 bridgehead atoms. The topological polar surface area (TPSA) is 51.2 Å². The van der Waals surface area contributed by atoms with Crippen molar-refractivity contribution in [2.75, 3.05) is 38.8 Å². The van der Waals surface area contributed by atoms with Gasteiger partial charge in [0.05, 0.1) is 45.1 Å². The van der Waals surface area contributed by atoms with Crippen molar-refractivity contribution in [2.45, 2.75) is 42.9 Å². The molecule has 1 aromatic rings. The fourth-order valence-corrected chi connectivity index (χ4v) is 7.87. The Morgan fingerprint density at radius 1 is 1.21 bits per heavy atom. The summed E-state index contributed by atoms with van der Waals surface area (Å²) in [6.45, 7) is 2.80. The molecular weight excluding hydrogens is 368 g/mol. The summed E-state index contributed by atoms with van der Waals surface area (Å²) in [5, 5.41) is 0. The summed E-state index contributed by atoms with van der Waals surface area (Å²) in [7, 11) is 3.36. The first-order valence-electron chi connectivity index (χ1n) is 10.8. The van der Waals surface area contributed by atoms with Gasteiger partial charge in [-0.25, -0.2) is 0 Å². The van der Waals surface area contributed by atoms with E-state index in [4.69, 9.17) is 14.2 Å².